The maximum Gasteiger partial charge on any atom is 0.410 e. The van der Waals surface area contributed by atoms with Crippen molar-refractivity contribution in [2.24, 2.45) is 0 Å². The van der Waals surface area contributed by atoms with Crippen LogP contribution >= 0.6 is 23.2 Å². The Hall–Kier alpha value is -2.44. The molecule has 2 saturated heterocycles. The van der Waals surface area contributed by atoms with E-state index in [1.165, 1.54) is 0 Å². The van der Waals surface area contributed by atoms with Crippen molar-refractivity contribution >= 4 is 40.9 Å². The number of likely N-dealkylation sites (tertiary alicyclic amines) is 1. The number of carbonyl (C=O) groups excluding carboxylic acids is 2. The van der Waals surface area contributed by atoms with Crippen LogP contribution in [0.25, 0.3) is 0 Å². The van der Waals surface area contributed by atoms with Crippen LogP contribution in [0.3, 0.4) is 0 Å². The summed E-state index contributed by atoms with van der Waals surface area (Å²) in [6, 6.07) is 13.2. The van der Waals surface area contributed by atoms with Crippen LogP contribution in [0.4, 0.5) is 10.5 Å². The summed E-state index contributed by atoms with van der Waals surface area (Å²) in [7, 11) is 0. The molecule has 0 saturated carbocycles. The van der Waals surface area contributed by atoms with Gasteiger partial charge in [0, 0.05) is 31.2 Å². The fourth-order valence-corrected chi connectivity index (χ4v) is 5.33. The Morgan fingerprint density at radius 2 is 1.71 bits per heavy atom. The number of piperazine rings is 1. The van der Waals surface area contributed by atoms with Gasteiger partial charge in [0.1, 0.15) is 11.6 Å². The van der Waals surface area contributed by atoms with Gasteiger partial charge in [-0.2, -0.15) is 0 Å². The molecule has 0 aromatic heterocycles. The Labute approximate surface area is 217 Å². The highest BCUT2D eigenvalue weighted by Gasteiger charge is 2.41. The lowest BCUT2D eigenvalue weighted by molar-refractivity contribution is -0.136. The molecule has 35 heavy (non-hydrogen) atoms. The lowest BCUT2D eigenvalue weighted by Gasteiger charge is -2.44. The summed E-state index contributed by atoms with van der Waals surface area (Å²) in [5, 5.41) is 1.35. The van der Waals surface area contributed by atoms with Gasteiger partial charge in [0.2, 0.25) is 5.91 Å². The number of hydrogen-bond acceptors (Lipinski definition) is 4. The zero-order valence-corrected chi connectivity index (χ0v) is 22.3. The lowest BCUT2D eigenvalue weighted by atomic mass is 10.00. The van der Waals surface area contributed by atoms with E-state index in [0.717, 1.165) is 23.2 Å². The Kier molecular flexibility index (Phi) is 7.53. The molecule has 0 unspecified atom stereocenters. The van der Waals surface area contributed by atoms with Crippen LogP contribution in [0.5, 0.6) is 0 Å². The van der Waals surface area contributed by atoms with E-state index in [-0.39, 0.29) is 11.9 Å². The average molecular weight is 518 g/mol. The molecule has 4 rings (SSSR count). The standard InChI is InChI=1S/C27H33Cl2N3O3/c1-18-7-12-22(21(29)16-18)31-15-14-30(17-24(31)19-8-10-20(28)11-9-19)25(33)23-6-5-13-32(23)26(34)35-27(2,3)4/h7-12,16,23-24H,5-6,13-15,17H2,1-4H3/t23-,24+/m1/s1. The van der Waals surface area contributed by atoms with Gasteiger partial charge in [0.15, 0.2) is 0 Å². The smallest absolute Gasteiger partial charge is 0.410 e. The Morgan fingerprint density at radius 1 is 1.00 bits per heavy atom. The summed E-state index contributed by atoms with van der Waals surface area (Å²) in [4.78, 5) is 32.2. The van der Waals surface area contributed by atoms with E-state index in [9.17, 15) is 9.59 Å². The topological polar surface area (TPSA) is 53.1 Å². The molecule has 2 heterocycles. The van der Waals surface area contributed by atoms with Crippen LogP contribution in [0, 0.1) is 6.92 Å². The molecule has 2 atom stereocenters. The minimum atomic E-state index is -0.605. The van der Waals surface area contributed by atoms with Gasteiger partial charge in [0.05, 0.1) is 16.8 Å². The highest BCUT2D eigenvalue weighted by molar-refractivity contribution is 6.33. The molecule has 2 fully saturated rings. The van der Waals surface area contributed by atoms with Gasteiger partial charge >= 0.3 is 6.09 Å². The molecule has 8 heteroatoms. The maximum atomic E-state index is 13.7. The van der Waals surface area contributed by atoms with Crippen molar-refractivity contribution in [3.05, 3.63) is 63.6 Å². The minimum Gasteiger partial charge on any atom is -0.444 e. The first-order valence-corrected chi connectivity index (χ1v) is 12.9. The first-order chi connectivity index (χ1) is 16.5. The Morgan fingerprint density at radius 3 is 2.37 bits per heavy atom. The van der Waals surface area contributed by atoms with Gasteiger partial charge in [-0.1, -0.05) is 41.4 Å². The summed E-state index contributed by atoms with van der Waals surface area (Å²) in [6.45, 7) is 9.72. The summed E-state index contributed by atoms with van der Waals surface area (Å²) in [6.07, 6.45) is 1.01. The predicted molar refractivity (Wildman–Crippen MR) is 140 cm³/mol. The quantitative estimate of drug-likeness (QED) is 0.494. The number of hydrogen-bond donors (Lipinski definition) is 0. The van der Waals surface area contributed by atoms with Gasteiger partial charge in [-0.05, 0) is 75.9 Å². The largest absolute Gasteiger partial charge is 0.444 e. The monoisotopic (exact) mass is 517 g/mol. The molecule has 0 aliphatic carbocycles. The van der Waals surface area contributed by atoms with E-state index in [1.54, 1.807) is 4.90 Å². The van der Waals surface area contributed by atoms with Crippen molar-refractivity contribution in [3.63, 3.8) is 0 Å². The second-order valence-corrected chi connectivity index (χ2v) is 11.2. The third-order valence-corrected chi connectivity index (χ3v) is 7.08. The second kappa shape index (κ2) is 10.3. The number of rotatable bonds is 3. The molecular weight excluding hydrogens is 485 g/mol. The van der Waals surface area contributed by atoms with Crippen molar-refractivity contribution in [2.45, 2.75) is 58.2 Å². The Bertz CT molecular complexity index is 1080. The summed E-state index contributed by atoms with van der Waals surface area (Å²) in [5.41, 5.74) is 2.49. The highest BCUT2D eigenvalue weighted by Crippen LogP contribution is 2.36. The van der Waals surface area contributed by atoms with Gasteiger partial charge in [0.25, 0.3) is 0 Å². The second-order valence-electron chi connectivity index (χ2n) is 10.3. The minimum absolute atomic E-state index is 0.0259. The van der Waals surface area contributed by atoms with Crippen LogP contribution < -0.4 is 4.90 Å². The number of ether oxygens (including phenoxy) is 1. The van der Waals surface area contributed by atoms with E-state index in [0.29, 0.717) is 42.6 Å². The molecule has 2 aliphatic heterocycles. The first-order valence-electron chi connectivity index (χ1n) is 12.1. The zero-order chi connectivity index (χ0) is 25.3. The van der Waals surface area contributed by atoms with E-state index in [1.807, 2.05) is 69.0 Å². The molecule has 2 aromatic rings. The summed E-state index contributed by atoms with van der Waals surface area (Å²) >= 11 is 12.8. The van der Waals surface area contributed by atoms with Gasteiger partial charge in [-0.25, -0.2) is 4.79 Å². The van der Waals surface area contributed by atoms with E-state index < -0.39 is 17.7 Å². The fourth-order valence-electron chi connectivity index (χ4n) is 4.86. The number of halogens is 2. The van der Waals surface area contributed by atoms with Crippen molar-refractivity contribution in [1.82, 2.24) is 9.80 Å². The van der Waals surface area contributed by atoms with Crippen LogP contribution in [-0.2, 0) is 9.53 Å². The lowest BCUT2D eigenvalue weighted by Crippen LogP contribution is -2.55. The molecule has 0 radical (unpaired) electrons. The summed E-state index contributed by atoms with van der Waals surface area (Å²) < 4.78 is 5.57. The number of anilines is 1. The molecule has 2 aliphatic rings. The SMILES string of the molecule is Cc1ccc(N2CCN(C(=O)[C@H]3CCCN3C(=O)OC(C)(C)C)C[C@H]2c2ccc(Cl)cc2)c(Cl)c1. The molecule has 2 amide bonds. The van der Waals surface area contributed by atoms with E-state index >= 15 is 0 Å². The van der Waals surface area contributed by atoms with Gasteiger partial charge < -0.3 is 14.5 Å². The van der Waals surface area contributed by atoms with Gasteiger partial charge in [-0.15, -0.1) is 0 Å². The number of carbonyl (C=O) groups is 2. The molecule has 0 spiro atoms. The van der Waals surface area contributed by atoms with E-state index in [2.05, 4.69) is 11.0 Å². The predicted octanol–water partition coefficient (Wildman–Crippen LogP) is 6.09. The third-order valence-electron chi connectivity index (χ3n) is 6.53. The molecule has 188 valence electrons. The van der Waals surface area contributed by atoms with E-state index in [4.69, 9.17) is 27.9 Å². The van der Waals surface area contributed by atoms with Crippen LogP contribution in [0.15, 0.2) is 42.5 Å². The molecule has 0 bridgehead atoms. The number of aryl methyl sites for hydroxylation is 1. The number of benzene rings is 2. The van der Waals surface area contributed by atoms with Crippen molar-refractivity contribution in [3.8, 4) is 0 Å². The number of nitrogens with zero attached hydrogens (tertiary/aromatic N) is 3. The third kappa shape index (κ3) is 5.87. The summed E-state index contributed by atoms with van der Waals surface area (Å²) in [5.74, 6) is -0.0259. The molecule has 6 nitrogen and oxygen atoms in total. The molecule has 0 N–H and O–H groups in total. The zero-order valence-electron chi connectivity index (χ0n) is 20.8. The Balaban J connectivity index is 1.58. The maximum absolute atomic E-state index is 13.7. The molecule has 2 aromatic carbocycles. The normalized spacial score (nSPS) is 20.8. The van der Waals surface area contributed by atoms with Crippen LogP contribution in [0.1, 0.15) is 50.8 Å². The van der Waals surface area contributed by atoms with Crippen molar-refractivity contribution in [1.29, 1.82) is 0 Å². The number of amides is 2. The van der Waals surface area contributed by atoms with Crippen molar-refractivity contribution < 1.29 is 14.3 Å². The van der Waals surface area contributed by atoms with Crippen LogP contribution in [0.2, 0.25) is 10.0 Å². The fraction of sp³-hybridized carbons (Fsp3) is 0.481. The highest BCUT2D eigenvalue weighted by atomic mass is 35.5. The van der Waals surface area contributed by atoms with Crippen LogP contribution in [-0.4, -0.2) is 59.6 Å². The van der Waals surface area contributed by atoms with Gasteiger partial charge in [-0.3, -0.25) is 9.69 Å². The first kappa shape index (κ1) is 25.6. The average Bonchev–Trinajstić information content (AvgIpc) is 3.28. The van der Waals surface area contributed by atoms with Crippen molar-refractivity contribution in [2.75, 3.05) is 31.1 Å². The molecular formula is C27H33Cl2N3O3.